The molecule has 0 aliphatic carbocycles. The molecule has 2 N–H and O–H groups in total. The van der Waals surface area contributed by atoms with Crippen LogP contribution < -0.4 is 10.6 Å². The van der Waals surface area contributed by atoms with Crippen molar-refractivity contribution in [2.24, 2.45) is 0 Å². The minimum atomic E-state index is -4.69. The number of rotatable bonds is 11. The van der Waals surface area contributed by atoms with E-state index in [9.17, 15) is 18.0 Å². The molecule has 0 aliphatic rings. The van der Waals surface area contributed by atoms with Gasteiger partial charge in [-0.25, -0.2) is 0 Å². The van der Waals surface area contributed by atoms with Gasteiger partial charge in [-0.05, 0) is 62.8 Å². The summed E-state index contributed by atoms with van der Waals surface area (Å²) in [5.74, 6) is -0.759. The van der Waals surface area contributed by atoms with Crippen LogP contribution in [0.5, 0.6) is 0 Å². The second-order valence-corrected chi connectivity index (χ2v) is 7.65. The summed E-state index contributed by atoms with van der Waals surface area (Å²) in [6.45, 7) is 7.76. The number of alkyl halides is 3. The number of carbonyl (C=O) groups excluding carboxylic acids is 1. The summed E-state index contributed by atoms with van der Waals surface area (Å²) in [7, 11) is 0. The maximum Gasteiger partial charge on any atom is 0.417 e. The van der Waals surface area contributed by atoms with E-state index < -0.39 is 17.6 Å². The van der Waals surface area contributed by atoms with Crippen LogP contribution in [0.15, 0.2) is 52.9 Å². The lowest BCUT2D eigenvalue weighted by molar-refractivity contribution is -0.137. The van der Waals surface area contributed by atoms with Crippen molar-refractivity contribution in [3.8, 4) is 11.5 Å². The quantitative estimate of drug-likeness (QED) is 0.354. The molecule has 0 saturated heterocycles. The van der Waals surface area contributed by atoms with Gasteiger partial charge in [0.2, 0.25) is 5.89 Å². The van der Waals surface area contributed by atoms with Gasteiger partial charge in [0.05, 0.1) is 11.1 Å². The zero-order valence-electron chi connectivity index (χ0n) is 19.2. The fourth-order valence-corrected chi connectivity index (χ4v) is 3.43. The molecule has 0 saturated carbocycles. The van der Waals surface area contributed by atoms with Gasteiger partial charge in [0, 0.05) is 17.8 Å². The fraction of sp³-hybridized carbons (Fsp3) is 0.375. The molecule has 3 rings (SSSR count). The molecule has 182 valence electrons. The topological polar surface area (TPSA) is 83.3 Å². The van der Waals surface area contributed by atoms with Crippen molar-refractivity contribution in [3.63, 3.8) is 0 Å². The summed E-state index contributed by atoms with van der Waals surface area (Å²) < 4.78 is 46.7. The number of nitrogens with one attached hydrogen (secondary N) is 2. The summed E-state index contributed by atoms with van der Waals surface area (Å²) in [5.41, 5.74) is -0.888. The number of unbranched alkanes of at least 4 members (excludes halogenated alkanes) is 1. The second kappa shape index (κ2) is 11.6. The van der Waals surface area contributed by atoms with Crippen molar-refractivity contribution in [1.29, 1.82) is 0 Å². The molecule has 1 aromatic heterocycles. The molecule has 3 aromatic rings. The SMILES string of the molecule is CCN(CC)CCCCNc1nnc(-c2ccc(NC(=O)c3ccccc3)cc2C(F)(F)F)o1. The number of aromatic nitrogens is 2. The Labute approximate surface area is 196 Å². The molecule has 0 spiro atoms. The molecule has 0 unspecified atom stereocenters. The van der Waals surface area contributed by atoms with E-state index in [-0.39, 0.29) is 23.2 Å². The molecule has 34 heavy (non-hydrogen) atoms. The molecule has 1 amide bonds. The Bertz CT molecular complexity index is 1070. The number of hydrogen-bond acceptors (Lipinski definition) is 6. The largest absolute Gasteiger partial charge is 0.417 e. The van der Waals surface area contributed by atoms with E-state index in [2.05, 4.69) is 39.6 Å². The highest BCUT2D eigenvalue weighted by atomic mass is 19.4. The van der Waals surface area contributed by atoms with E-state index in [1.165, 1.54) is 12.1 Å². The first-order valence-corrected chi connectivity index (χ1v) is 11.2. The van der Waals surface area contributed by atoms with Crippen LogP contribution in [-0.2, 0) is 6.18 Å². The molecule has 10 heteroatoms. The minimum absolute atomic E-state index is 0.0102. The van der Waals surface area contributed by atoms with Crippen LogP contribution in [0.3, 0.4) is 0 Å². The Morgan fingerprint density at radius 1 is 1.03 bits per heavy atom. The van der Waals surface area contributed by atoms with Gasteiger partial charge in [0.15, 0.2) is 0 Å². The van der Waals surface area contributed by atoms with Gasteiger partial charge in [-0.15, -0.1) is 5.10 Å². The molecule has 1 heterocycles. The monoisotopic (exact) mass is 475 g/mol. The predicted molar refractivity (Wildman–Crippen MR) is 125 cm³/mol. The van der Waals surface area contributed by atoms with Crippen LogP contribution in [0.25, 0.3) is 11.5 Å². The number of nitrogens with zero attached hydrogens (tertiary/aromatic N) is 3. The van der Waals surface area contributed by atoms with Gasteiger partial charge in [0.1, 0.15) is 0 Å². The van der Waals surface area contributed by atoms with E-state index in [0.717, 1.165) is 38.5 Å². The molecule has 0 radical (unpaired) electrons. The Kier molecular flexibility index (Phi) is 8.64. The lowest BCUT2D eigenvalue weighted by Crippen LogP contribution is -2.24. The van der Waals surface area contributed by atoms with Crippen molar-refractivity contribution in [3.05, 3.63) is 59.7 Å². The van der Waals surface area contributed by atoms with E-state index >= 15 is 0 Å². The van der Waals surface area contributed by atoms with E-state index in [1.54, 1.807) is 30.3 Å². The number of benzene rings is 2. The number of halogens is 3. The lowest BCUT2D eigenvalue weighted by Gasteiger charge is -2.17. The summed E-state index contributed by atoms with van der Waals surface area (Å²) in [4.78, 5) is 14.6. The van der Waals surface area contributed by atoms with Crippen LogP contribution >= 0.6 is 0 Å². The standard InChI is InChI=1S/C24H28F3N5O2/c1-3-32(4-2)15-9-8-14-28-23-31-30-22(34-23)19-13-12-18(16-20(19)24(25,26)27)29-21(33)17-10-6-5-7-11-17/h5-7,10-13,16H,3-4,8-9,14-15H2,1-2H3,(H,28,31)(H,29,33). The zero-order chi connectivity index (χ0) is 24.6. The maximum atomic E-state index is 13.8. The molecular formula is C24H28F3N5O2. The first-order valence-electron chi connectivity index (χ1n) is 11.2. The van der Waals surface area contributed by atoms with E-state index in [4.69, 9.17) is 4.42 Å². The van der Waals surface area contributed by atoms with Crippen LogP contribution in [0.2, 0.25) is 0 Å². The summed E-state index contributed by atoms with van der Waals surface area (Å²) in [6, 6.07) is 11.7. The highest BCUT2D eigenvalue weighted by molar-refractivity contribution is 6.04. The number of amides is 1. The molecule has 7 nitrogen and oxygen atoms in total. The van der Waals surface area contributed by atoms with Crippen LogP contribution in [-0.4, -0.2) is 47.2 Å². The molecule has 0 atom stereocenters. The Morgan fingerprint density at radius 3 is 2.44 bits per heavy atom. The fourth-order valence-electron chi connectivity index (χ4n) is 3.43. The highest BCUT2D eigenvalue weighted by Gasteiger charge is 2.35. The number of hydrogen-bond donors (Lipinski definition) is 2. The average molecular weight is 476 g/mol. The normalized spacial score (nSPS) is 11.6. The smallest absolute Gasteiger partial charge is 0.403 e. The zero-order valence-corrected chi connectivity index (χ0v) is 19.2. The van der Waals surface area contributed by atoms with Crippen LogP contribution in [0, 0.1) is 0 Å². The third kappa shape index (κ3) is 6.80. The molecule has 0 bridgehead atoms. The summed E-state index contributed by atoms with van der Waals surface area (Å²) in [6.07, 6.45) is -2.85. The molecule has 0 aliphatic heterocycles. The van der Waals surface area contributed by atoms with Crippen molar-refractivity contribution in [1.82, 2.24) is 15.1 Å². The van der Waals surface area contributed by atoms with Gasteiger partial charge < -0.3 is 20.0 Å². The van der Waals surface area contributed by atoms with Crippen molar-refractivity contribution in [2.75, 3.05) is 36.8 Å². The number of anilines is 2. The van der Waals surface area contributed by atoms with Gasteiger partial charge in [-0.3, -0.25) is 4.79 Å². The third-order valence-electron chi connectivity index (χ3n) is 5.35. The summed E-state index contributed by atoms with van der Waals surface area (Å²) >= 11 is 0. The van der Waals surface area contributed by atoms with Gasteiger partial charge in [0.25, 0.3) is 5.91 Å². The molecule has 2 aromatic carbocycles. The lowest BCUT2D eigenvalue weighted by atomic mass is 10.1. The van der Waals surface area contributed by atoms with Gasteiger partial charge in [-0.2, -0.15) is 13.2 Å². The minimum Gasteiger partial charge on any atom is -0.403 e. The molecule has 0 fully saturated rings. The Hall–Kier alpha value is -3.40. The van der Waals surface area contributed by atoms with E-state index in [0.29, 0.717) is 12.1 Å². The van der Waals surface area contributed by atoms with Crippen molar-refractivity contribution in [2.45, 2.75) is 32.9 Å². The first kappa shape index (κ1) is 25.2. The van der Waals surface area contributed by atoms with Crippen molar-refractivity contribution < 1.29 is 22.4 Å². The van der Waals surface area contributed by atoms with Crippen molar-refractivity contribution >= 4 is 17.6 Å². The highest BCUT2D eigenvalue weighted by Crippen LogP contribution is 2.38. The van der Waals surface area contributed by atoms with Crippen LogP contribution in [0.4, 0.5) is 24.9 Å². The third-order valence-corrected chi connectivity index (χ3v) is 5.35. The Morgan fingerprint density at radius 2 is 1.76 bits per heavy atom. The average Bonchev–Trinajstić information content (AvgIpc) is 3.30. The van der Waals surface area contributed by atoms with Gasteiger partial charge >= 0.3 is 12.2 Å². The predicted octanol–water partition coefficient (Wildman–Crippen LogP) is 5.54. The second-order valence-electron chi connectivity index (χ2n) is 7.65. The summed E-state index contributed by atoms with van der Waals surface area (Å²) in [5, 5.41) is 13.0. The molecular weight excluding hydrogens is 447 g/mol. The van der Waals surface area contributed by atoms with E-state index in [1.807, 2.05) is 0 Å². The number of carbonyl (C=O) groups is 1. The Balaban J connectivity index is 1.68. The van der Waals surface area contributed by atoms with Gasteiger partial charge in [-0.1, -0.05) is 37.1 Å². The maximum absolute atomic E-state index is 13.8. The first-order chi connectivity index (χ1) is 16.3. The van der Waals surface area contributed by atoms with Crippen LogP contribution in [0.1, 0.15) is 42.6 Å².